The molecule has 0 saturated heterocycles. The van der Waals surface area contributed by atoms with E-state index < -0.39 is 0 Å². The van der Waals surface area contributed by atoms with Crippen molar-refractivity contribution in [3.63, 3.8) is 0 Å². The van der Waals surface area contributed by atoms with Gasteiger partial charge < -0.3 is 15.2 Å². The number of rotatable bonds is 3. The van der Waals surface area contributed by atoms with Crippen LogP contribution >= 0.6 is 0 Å². The third kappa shape index (κ3) is 2.23. The van der Waals surface area contributed by atoms with Gasteiger partial charge in [-0.1, -0.05) is 12.1 Å². The number of hydrogen-bond donors (Lipinski definition) is 1. The molecule has 0 atom stereocenters. The summed E-state index contributed by atoms with van der Waals surface area (Å²) in [5.41, 5.74) is 7.31. The zero-order valence-electron chi connectivity index (χ0n) is 11.0. The van der Waals surface area contributed by atoms with Crippen LogP contribution in [0.3, 0.4) is 0 Å². The van der Waals surface area contributed by atoms with E-state index in [1.807, 2.05) is 30.3 Å². The van der Waals surface area contributed by atoms with E-state index >= 15 is 0 Å². The molecule has 20 heavy (non-hydrogen) atoms. The first-order chi connectivity index (χ1) is 9.78. The predicted octanol–water partition coefficient (Wildman–Crippen LogP) is 3.62. The first-order valence-corrected chi connectivity index (χ1v) is 6.23. The van der Waals surface area contributed by atoms with E-state index in [1.54, 1.807) is 31.5 Å². The summed E-state index contributed by atoms with van der Waals surface area (Å²) in [6, 6.07) is 14.9. The number of nitrogen functional groups attached to an aromatic ring is 1. The number of anilines is 1. The zero-order chi connectivity index (χ0) is 13.9. The number of aromatic nitrogens is 1. The van der Waals surface area contributed by atoms with Crippen LogP contribution in [0.15, 0.2) is 54.7 Å². The second kappa shape index (κ2) is 5.09. The number of hydrogen-bond acceptors (Lipinski definition) is 4. The van der Waals surface area contributed by atoms with Crippen molar-refractivity contribution >= 4 is 16.6 Å². The van der Waals surface area contributed by atoms with Gasteiger partial charge in [-0.3, -0.25) is 4.98 Å². The smallest absolute Gasteiger partial charge is 0.171 e. The summed E-state index contributed by atoms with van der Waals surface area (Å²) in [6.45, 7) is 0. The van der Waals surface area contributed by atoms with Crippen molar-refractivity contribution in [3.05, 3.63) is 54.7 Å². The highest BCUT2D eigenvalue weighted by molar-refractivity contribution is 5.85. The molecular formula is C16H14N2O2. The minimum atomic E-state index is 0.587. The van der Waals surface area contributed by atoms with Crippen LogP contribution in [0.5, 0.6) is 17.2 Å². The van der Waals surface area contributed by atoms with Crippen LogP contribution in [0.4, 0.5) is 5.69 Å². The fourth-order valence-corrected chi connectivity index (χ4v) is 2.05. The lowest BCUT2D eigenvalue weighted by atomic mass is 10.2. The molecule has 2 N–H and O–H groups in total. The van der Waals surface area contributed by atoms with Gasteiger partial charge in [0.2, 0.25) is 0 Å². The van der Waals surface area contributed by atoms with Crippen LogP contribution < -0.4 is 15.2 Å². The Morgan fingerprint density at radius 1 is 0.950 bits per heavy atom. The van der Waals surface area contributed by atoms with Gasteiger partial charge in [0.05, 0.1) is 12.6 Å². The van der Waals surface area contributed by atoms with Crippen molar-refractivity contribution < 1.29 is 9.47 Å². The molecule has 100 valence electrons. The van der Waals surface area contributed by atoms with Crippen LogP contribution in [-0.4, -0.2) is 12.1 Å². The lowest BCUT2D eigenvalue weighted by Crippen LogP contribution is -1.93. The van der Waals surface area contributed by atoms with Gasteiger partial charge in [0.25, 0.3) is 0 Å². The molecule has 0 amide bonds. The highest BCUT2D eigenvalue weighted by Gasteiger charge is 2.09. The molecule has 4 heteroatoms. The SMILES string of the molecule is COc1ccc(N)cc1Oc1ccnc2ccccc12. The number of fused-ring (bicyclic) bond motifs is 1. The molecule has 0 radical (unpaired) electrons. The molecule has 3 rings (SSSR count). The molecule has 0 aliphatic rings. The monoisotopic (exact) mass is 266 g/mol. The summed E-state index contributed by atoms with van der Waals surface area (Å²) < 4.78 is 11.2. The van der Waals surface area contributed by atoms with Crippen molar-refractivity contribution in [3.8, 4) is 17.2 Å². The minimum absolute atomic E-state index is 0.587. The number of para-hydroxylation sites is 1. The third-order valence-electron chi connectivity index (χ3n) is 3.02. The normalized spacial score (nSPS) is 10.4. The Balaban J connectivity index is 2.07. The maximum absolute atomic E-state index is 5.95. The molecule has 0 saturated carbocycles. The van der Waals surface area contributed by atoms with E-state index in [4.69, 9.17) is 15.2 Å². The molecule has 1 aromatic heterocycles. The summed E-state index contributed by atoms with van der Waals surface area (Å²) in [5, 5.41) is 0.944. The van der Waals surface area contributed by atoms with E-state index in [9.17, 15) is 0 Å². The van der Waals surface area contributed by atoms with E-state index in [-0.39, 0.29) is 0 Å². The zero-order valence-corrected chi connectivity index (χ0v) is 11.0. The summed E-state index contributed by atoms with van der Waals surface area (Å²) >= 11 is 0. The Hall–Kier alpha value is -2.75. The van der Waals surface area contributed by atoms with Gasteiger partial charge in [-0.25, -0.2) is 0 Å². The molecule has 0 spiro atoms. The van der Waals surface area contributed by atoms with Crippen LogP contribution in [0.2, 0.25) is 0 Å². The standard InChI is InChI=1S/C16H14N2O2/c1-19-15-7-6-11(17)10-16(15)20-14-8-9-18-13-5-3-2-4-12(13)14/h2-10H,17H2,1H3. The van der Waals surface area contributed by atoms with Crippen molar-refractivity contribution in [1.82, 2.24) is 4.98 Å². The molecule has 0 aliphatic heterocycles. The molecule has 0 fully saturated rings. The Morgan fingerprint density at radius 2 is 1.80 bits per heavy atom. The van der Waals surface area contributed by atoms with Gasteiger partial charge in [-0.05, 0) is 30.3 Å². The first kappa shape index (κ1) is 12.3. The maximum Gasteiger partial charge on any atom is 0.171 e. The van der Waals surface area contributed by atoms with Crippen LogP contribution in [-0.2, 0) is 0 Å². The third-order valence-corrected chi connectivity index (χ3v) is 3.02. The highest BCUT2D eigenvalue weighted by Crippen LogP contribution is 2.35. The molecule has 3 aromatic rings. The van der Waals surface area contributed by atoms with Gasteiger partial charge in [0.15, 0.2) is 11.5 Å². The minimum Gasteiger partial charge on any atom is -0.493 e. The number of pyridine rings is 1. The molecule has 2 aromatic carbocycles. The van der Waals surface area contributed by atoms with E-state index in [2.05, 4.69) is 4.98 Å². The average Bonchev–Trinajstić information content (AvgIpc) is 2.48. The van der Waals surface area contributed by atoms with E-state index in [0.717, 1.165) is 16.7 Å². The quantitative estimate of drug-likeness (QED) is 0.736. The topological polar surface area (TPSA) is 57.4 Å². The number of benzene rings is 2. The van der Waals surface area contributed by atoms with Crippen molar-refractivity contribution in [2.45, 2.75) is 0 Å². The molecule has 1 heterocycles. The Kier molecular flexibility index (Phi) is 3.13. The fourth-order valence-electron chi connectivity index (χ4n) is 2.05. The van der Waals surface area contributed by atoms with Gasteiger partial charge in [0.1, 0.15) is 5.75 Å². The van der Waals surface area contributed by atoms with Crippen molar-refractivity contribution in [1.29, 1.82) is 0 Å². The van der Waals surface area contributed by atoms with Gasteiger partial charge >= 0.3 is 0 Å². The second-order valence-electron chi connectivity index (χ2n) is 4.34. The van der Waals surface area contributed by atoms with Crippen LogP contribution in [0.1, 0.15) is 0 Å². The number of ether oxygens (including phenoxy) is 2. The predicted molar refractivity (Wildman–Crippen MR) is 79.2 cm³/mol. The number of nitrogens with two attached hydrogens (primary N) is 1. The highest BCUT2D eigenvalue weighted by atomic mass is 16.5. The number of methoxy groups -OCH3 is 1. The Morgan fingerprint density at radius 3 is 2.65 bits per heavy atom. The lowest BCUT2D eigenvalue weighted by molar-refractivity contribution is 0.380. The Labute approximate surface area is 116 Å². The van der Waals surface area contributed by atoms with Gasteiger partial charge in [-0.15, -0.1) is 0 Å². The fraction of sp³-hybridized carbons (Fsp3) is 0.0625. The molecule has 0 unspecified atom stereocenters. The number of nitrogens with zero attached hydrogens (tertiary/aromatic N) is 1. The van der Waals surface area contributed by atoms with E-state index in [1.165, 1.54) is 0 Å². The molecule has 0 bridgehead atoms. The lowest BCUT2D eigenvalue weighted by Gasteiger charge is -2.12. The molecule has 4 nitrogen and oxygen atoms in total. The molecule has 0 aliphatic carbocycles. The van der Waals surface area contributed by atoms with Gasteiger partial charge in [-0.2, -0.15) is 0 Å². The summed E-state index contributed by atoms with van der Waals surface area (Å²) in [7, 11) is 1.60. The van der Waals surface area contributed by atoms with Gasteiger partial charge in [0, 0.05) is 23.3 Å². The van der Waals surface area contributed by atoms with Crippen molar-refractivity contribution in [2.75, 3.05) is 12.8 Å². The van der Waals surface area contributed by atoms with Crippen LogP contribution in [0.25, 0.3) is 10.9 Å². The van der Waals surface area contributed by atoms with Crippen molar-refractivity contribution in [2.24, 2.45) is 0 Å². The summed E-state index contributed by atoms with van der Waals surface area (Å²) in [5.74, 6) is 1.95. The summed E-state index contributed by atoms with van der Waals surface area (Å²) in [4.78, 5) is 4.31. The maximum atomic E-state index is 5.95. The average molecular weight is 266 g/mol. The Bertz CT molecular complexity index is 751. The van der Waals surface area contributed by atoms with Crippen LogP contribution in [0, 0.1) is 0 Å². The molecular weight excluding hydrogens is 252 g/mol. The summed E-state index contributed by atoms with van der Waals surface area (Å²) in [6.07, 6.45) is 1.72. The largest absolute Gasteiger partial charge is 0.493 e. The van der Waals surface area contributed by atoms with E-state index in [0.29, 0.717) is 17.2 Å². The first-order valence-electron chi connectivity index (χ1n) is 6.23. The second-order valence-corrected chi connectivity index (χ2v) is 4.34.